The van der Waals surface area contributed by atoms with E-state index >= 15 is 0 Å². The molecule has 0 saturated carbocycles. The molecule has 0 unspecified atom stereocenters. The fourth-order valence-electron chi connectivity index (χ4n) is 3.67. The average molecular weight is 447 g/mol. The Kier molecular flexibility index (Phi) is 4.82. The van der Waals surface area contributed by atoms with Crippen LogP contribution in [0.15, 0.2) is 88.8 Å². The minimum atomic E-state index is -4.13. The van der Waals surface area contributed by atoms with Crippen LogP contribution in [-0.2, 0) is 16.4 Å². The van der Waals surface area contributed by atoms with Crippen LogP contribution in [0.5, 0.6) is 0 Å². The Morgan fingerprint density at radius 3 is 2.50 bits per heavy atom. The lowest BCUT2D eigenvalue weighted by Crippen LogP contribution is -2.19. The molecule has 0 amide bonds. The number of fused-ring (bicyclic) bond motifs is 3. The molecule has 0 saturated heterocycles. The minimum Gasteiger partial charge on any atom is -0.355 e. The number of anilines is 1. The van der Waals surface area contributed by atoms with E-state index in [9.17, 15) is 12.8 Å². The molecule has 5 aromatic rings. The largest absolute Gasteiger partial charge is 0.355 e. The lowest BCUT2D eigenvalue weighted by molar-refractivity contribution is 0.587. The monoisotopic (exact) mass is 447 g/mol. The van der Waals surface area contributed by atoms with Crippen LogP contribution in [0.25, 0.3) is 16.6 Å². The molecule has 7 nitrogen and oxygen atoms in total. The summed E-state index contributed by atoms with van der Waals surface area (Å²) in [4.78, 5) is 6.41. The molecule has 0 aliphatic carbocycles. The number of para-hydroxylation sites is 1. The minimum absolute atomic E-state index is 0.0860. The van der Waals surface area contributed by atoms with Gasteiger partial charge in [-0.25, -0.2) is 17.8 Å². The van der Waals surface area contributed by atoms with Gasteiger partial charge in [-0.1, -0.05) is 53.7 Å². The molecule has 9 heteroatoms. The van der Waals surface area contributed by atoms with Crippen molar-refractivity contribution < 1.29 is 12.8 Å². The van der Waals surface area contributed by atoms with E-state index in [1.54, 1.807) is 0 Å². The smallest absolute Gasteiger partial charge is 0.229 e. The fourth-order valence-corrected chi connectivity index (χ4v) is 4.94. The Hall–Kier alpha value is -3.85. The van der Waals surface area contributed by atoms with E-state index in [-0.39, 0.29) is 15.6 Å². The SMILES string of the molecule is CN(Cc1ccccc1)c1nc2c(S(=O)(=O)c3cccc(F)c3)nnn2c2ccccc12. The number of halogens is 1. The van der Waals surface area contributed by atoms with Crippen LogP contribution in [0.2, 0.25) is 0 Å². The molecule has 3 aromatic carbocycles. The van der Waals surface area contributed by atoms with Crippen molar-refractivity contribution in [3.05, 3.63) is 90.2 Å². The summed E-state index contributed by atoms with van der Waals surface area (Å²) in [6.45, 7) is 0.571. The van der Waals surface area contributed by atoms with Crippen molar-refractivity contribution in [2.24, 2.45) is 0 Å². The van der Waals surface area contributed by atoms with Crippen molar-refractivity contribution in [3.8, 4) is 0 Å². The van der Waals surface area contributed by atoms with Crippen LogP contribution >= 0.6 is 0 Å². The zero-order chi connectivity index (χ0) is 22.3. The number of rotatable bonds is 5. The first kappa shape index (κ1) is 20.1. The number of benzene rings is 3. The van der Waals surface area contributed by atoms with Crippen molar-refractivity contribution in [1.29, 1.82) is 0 Å². The zero-order valence-electron chi connectivity index (χ0n) is 17.1. The number of hydrogen-bond donors (Lipinski definition) is 0. The highest BCUT2D eigenvalue weighted by Gasteiger charge is 2.28. The molecule has 0 aliphatic rings. The van der Waals surface area contributed by atoms with E-state index in [0.29, 0.717) is 17.9 Å². The van der Waals surface area contributed by atoms with Crippen molar-refractivity contribution >= 4 is 32.2 Å². The van der Waals surface area contributed by atoms with E-state index in [0.717, 1.165) is 17.0 Å². The maximum atomic E-state index is 13.7. The van der Waals surface area contributed by atoms with Crippen LogP contribution < -0.4 is 4.90 Å². The Balaban J connectivity index is 1.71. The molecular weight excluding hydrogens is 429 g/mol. The molecule has 0 fully saturated rings. The van der Waals surface area contributed by atoms with Gasteiger partial charge in [0.05, 0.1) is 10.4 Å². The maximum Gasteiger partial charge on any atom is 0.229 e. The summed E-state index contributed by atoms with van der Waals surface area (Å²) < 4.78 is 41.6. The van der Waals surface area contributed by atoms with E-state index in [1.165, 1.54) is 22.7 Å². The summed E-state index contributed by atoms with van der Waals surface area (Å²) in [7, 11) is -2.24. The lowest BCUT2D eigenvalue weighted by atomic mass is 10.2. The Morgan fingerprint density at radius 2 is 1.72 bits per heavy atom. The molecule has 0 radical (unpaired) electrons. The van der Waals surface area contributed by atoms with Crippen LogP contribution in [0.3, 0.4) is 0 Å². The summed E-state index contributed by atoms with van der Waals surface area (Å²) in [6.07, 6.45) is 0. The molecule has 0 atom stereocenters. The van der Waals surface area contributed by atoms with Gasteiger partial charge in [-0.2, -0.15) is 4.52 Å². The van der Waals surface area contributed by atoms with Crippen LogP contribution in [0, 0.1) is 5.82 Å². The summed E-state index contributed by atoms with van der Waals surface area (Å²) >= 11 is 0. The molecule has 0 aliphatic heterocycles. The van der Waals surface area contributed by atoms with Gasteiger partial charge in [0.25, 0.3) is 0 Å². The number of nitrogens with zero attached hydrogens (tertiary/aromatic N) is 5. The van der Waals surface area contributed by atoms with E-state index < -0.39 is 15.7 Å². The Labute approximate surface area is 183 Å². The molecule has 5 rings (SSSR count). The number of hydrogen-bond acceptors (Lipinski definition) is 6. The third-order valence-electron chi connectivity index (χ3n) is 5.19. The third kappa shape index (κ3) is 3.36. The van der Waals surface area contributed by atoms with Gasteiger partial charge in [0, 0.05) is 19.0 Å². The van der Waals surface area contributed by atoms with Gasteiger partial charge in [0.15, 0.2) is 5.65 Å². The predicted octanol–water partition coefficient (Wildman–Crippen LogP) is 3.89. The highest BCUT2D eigenvalue weighted by Crippen LogP contribution is 2.30. The molecule has 160 valence electrons. The van der Waals surface area contributed by atoms with Gasteiger partial charge in [0.2, 0.25) is 14.9 Å². The maximum absolute atomic E-state index is 13.7. The summed E-state index contributed by atoms with van der Waals surface area (Å²) in [6, 6.07) is 22.2. The standard InChI is InChI=1S/C23H18FN5O2S/c1-28(15-16-8-3-2-4-9-16)21-19-12-5-6-13-20(19)29-22(25-21)23(26-27-29)32(30,31)18-11-7-10-17(24)14-18/h2-14H,15H2,1H3. The van der Waals surface area contributed by atoms with E-state index in [4.69, 9.17) is 0 Å². The van der Waals surface area contributed by atoms with E-state index in [1.807, 2.05) is 66.5 Å². The van der Waals surface area contributed by atoms with Gasteiger partial charge in [-0.3, -0.25) is 0 Å². The third-order valence-corrected chi connectivity index (χ3v) is 6.83. The topological polar surface area (TPSA) is 80.5 Å². The Morgan fingerprint density at radius 1 is 0.969 bits per heavy atom. The first-order valence-corrected chi connectivity index (χ1v) is 11.3. The van der Waals surface area contributed by atoms with E-state index in [2.05, 4.69) is 15.3 Å². The fraction of sp³-hybridized carbons (Fsp3) is 0.0870. The van der Waals surface area contributed by atoms with Gasteiger partial charge >= 0.3 is 0 Å². The normalized spacial score (nSPS) is 11.8. The number of aromatic nitrogens is 4. The first-order chi connectivity index (χ1) is 15.4. The van der Waals surface area contributed by atoms with Crippen molar-refractivity contribution in [2.45, 2.75) is 16.5 Å². The molecule has 0 bridgehead atoms. The summed E-state index contributed by atoms with van der Waals surface area (Å²) in [5.41, 5.74) is 1.84. The van der Waals surface area contributed by atoms with Crippen LogP contribution in [0.1, 0.15) is 5.56 Å². The molecule has 0 N–H and O–H groups in total. The highest BCUT2D eigenvalue weighted by molar-refractivity contribution is 7.91. The van der Waals surface area contributed by atoms with Gasteiger partial charge in [-0.05, 0) is 35.9 Å². The molecule has 2 aromatic heterocycles. The summed E-state index contributed by atoms with van der Waals surface area (Å²) in [5.74, 6) is -0.0563. The van der Waals surface area contributed by atoms with Gasteiger partial charge < -0.3 is 4.90 Å². The Bertz CT molecular complexity index is 1550. The highest BCUT2D eigenvalue weighted by atomic mass is 32.2. The zero-order valence-corrected chi connectivity index (χ0v) is 17.9. The molecule has 2 heterocycles. The van der Waals surface area contributed by atoms with Crippen molar-refractivity contribution in [1.82, 2.24) is 19.8 Å². The van der Waals surface area contributed by atoms with Crippen molar-refractivity contribution in [3.63, 3.8) is 0 Å². The molecule has 32 heavy (non-hydrogen) atoms. The van der Waals surface area contributed by atoms with Gasteiger partial charge in [-0.15, -0.1) is 5.10 Å². The second-order valence-electron chi connectivity index (χ2n) is 7.39. The van der Waals surface area contributed by atoms with Crippen molar-refractivity contribution in [2.75, 3.05) is 11.9 Å². The molecular formula is C23H18FN5O2S. The average Bonchev–Trinajstić information content (AvgIpc) is 3.24. The molecule has 0 spiro atoms. The predicted molar refractivity (Wildman–Crippen MR) is 119 cm³/mol. The van der Waals surface area contributed by atoms with Crippen LogP contribution in [0.4, 0.5) is 10.2 Å². The first-order valence-electron chi connectivity index (χ1n) is 9.85. The quantitative estimate of drug-likeness (QED) is 0.407. The number of sulfone groups is 1. The van der Waals surface area contributed by atoms with Crippen LogP contribution in [-0.4, -0.2) is 35.3 Å². The lowest BCUT2D eigenvalue weighted by Gasteiger charge is -2.20. The van der Waals surface area contributed by atoms with Gasteiger partial charge in [0.1, 0.15) is 11.6 Å². The second kappa shape index (κ2) is 7.69. The summed E-state index contributed by atoms with van der Waals surface area (Å²) in [5, 5.41) is 8.47. The second-order valence-corrected chi connectivity index (χ2v) is 9.25.